The molecule has 2 aromatic heterocycles. The number of fused-ring (bicyclic) bond motifs is 2. The number of hydrogen-bond acceptors (Lipinski definition) is 5. The van der Waals surface area contributed by atoms with E-state index in [1.165, 1.54) is 6.07 Å². The number of pyridine rings is 1. The number of aryl methyl sites for hydroxylation is 2. The van der Waals surface area contributed by atoms with Gasteiger partial charge in [0.2, 0.25) is 0 Å². The van der Waals surface area contributed by atoms with E-state index in [9.17, 15) is 10.1 Å². The predicted octanol–water partition coefficient (Wildman–Crippen LogP) is 3.97. The molecule has 27 heavy (non-hydrogen) atoms. The molecule has 4 rings (SSSR count). The lowest BCUT2D eigenvalue weighted by atomic mass is 10.1. The molecule has 4 aromatic rings. The molecule has 0 saturated heterocycles. The number of aromatic nitrogens is 3. The van der Waals surface area contributed by atoms with Crippen molar-refractivity contribution in [3.63, 3.8) is 0 Å². The highest BCUT2D eigenvalue weighted by molar-refractivity contribution is 5.97. The van der Waals surface area contributed by atoms with Crippen molar-refractivity contribution in [2.24, 2.45) is 7.05 Å². The zero-order chi connectivity index (χ0) is 19.1. The van der Waals surface area contributed by atoms with Crippen LogP contribution >= 0.6 is 0 Å². The fourth-order valence-corrected chi connectivity index (χ4v) is 3.44. The fraction of sp³-hybridized carbons (Fsp3) is 0.200. The number of non-ortho nitro benzene ring substituents is 1. The van der Waals surface area contributed by atoms with Gasteiger partial charge in [-0.25, -0.2) is 9.97 Å². The number of anilines is 1. The van der Waals surface area contributed by atoms with Crippen molar-refractivity contribution in [1.82, 2.24) is 14.5 Å². The number of nitrogens with zero attached hydrogens (tertiary/aromatic N) is 5. The van der Waals surface area contributed by atoms with Gasteiger partial charge in [-0.2, -0.15) is 0 Å². The normalized spacial score (nSPS) is 11.2. The van der Waals surface area contributed by atoms with Gasteiger partial charge in [-0.15, -0.1) is 0 Å². The van der Waals surface area contributed by atoms with Crippen molar-refractivity contribution >= 4 is 33.3 Å². The Morgan fingerprint density at radius 3 is 2.67 bits per heavy atom. The quantitative estimate of drug-likeness (QED) is 0.406. The fourth-order valence-electron chi connectivity index (χ4n) is 3.44. The molecule has 0 fully saturated rings. The third-order valence-electron chi connectivity index (χ3n) is 4.79. The molecule has 0 amide bonds. The molecule has 136 valence electrons. The van der Waals surface area contributed by atoms with Gasteiger partial charge in [-0.3, -0.25) is 10.1 Å². The molecule has 0 aliphatic carbocycles. The summed E-state index contributed by atoms with van der Waals surface area (Å²) in [5, 5.41) is 12.1. The number of nitro groups is 1. The molecule has 2 heterocycles. The Labute approximate surface area is 156 Å². The zero-order valence-electron chi connectivity index (χ0n) is 15.4. The van der Waals surface area contributed by atoms with E-state index in [0.29, 0.717) is 12.1 Å². The smallest absolute Gasteiger partial charge is 0.295 e. The first-order chi connectivity index (χ1) is 13.0. The SMILES string of the molecule is Cc1cc(N(C)Cc2nc3ccccc3n2C)c2cccc([N+](=O)[O-])c2n1. The molecule has 0 aliphatic rings. The Morgan fingerprint density at radius 1 is 1.15 bits per heavy atom. The molecular formula is C20H19N5O2. The number of nitro benzene ring substituents is 1. The van der Waals surface area contributed by atoms with Crippen molar-refractivity contribution in [3.05, 3.63) is 70.2 Å². The van der Waals surface area contributed by atoms with E-state index >= 15 is 0 Å². The standard InChI is InChI=1S/C20H19N5O2/c1-13-11-18(14-7-6-10-17(25(26)27)20(14)21-13)23(2)12-19-22-15-8-4-5-9-16(15)24(19)3/h4-11H,12H2,1-3H3. The van der Waals surface area contributed by atoms with Gasteiger partial charge in [0.25, 0.3) is 5.69 Å². The summed E-state index contributed by atoms with van der Waals surface area (Å²) in [7, 11) is 3.96. The minimum atomic E-state index is -0.385. The van der Waals surface area contributed by atoms with Crippen molar-refractivity contribution in [2.75, 3.05) is 11.9 Å². The monoisotopic (exact) mass is 361 g/mol. The molecule has 7 nitrogen and oxygen atoms in total. The lowest BCUT2D eigenvalue weighted by Crippen LogP contribution is -2.19. The highest BCUT2D eigenvalue weighted by Crippen LogP contribution is 2.32. The van der Waals surface area contributed by atoms with Gasteiger partial charge in [0.1, 0.15) is 5.82 Å². The molecule has 0 radical (unpaired) electrons. The van der Waals surface area contributed by atoms with Gasteiger partial charge in [0.05, 0.1) is 22.5 Å². The van der Waals surface area contributed by atoms with Crippen LogP contribution in [0.1, 0.15) is 11.5 Å². The molecular weight excluding hydrogens is 342 g/mol. The lowest BCUT2D eigenvalue weighted by molar-refractivity contribution is -0.383. The summed E-state index contributed by atoms with van der Waals surface area (Å²) in [5.74, 6) is 0.923. The number of imidazole rings is 1. The van der Waals surface area contributed by atoms with Crippen LogP contribution in [0, 0.1) is 17.0 Å². The first-order valence-corrected chi connectivity index (χ1v) is 8.62. The Morgan fingerprint density at radius 2 is 1.93 bits per heavy atom. The minimum absolute atomic E-state index is 0.0218. The van der Waals surface area contributed by atoms with E-state index in [4.69, 9.17) is 4.98 Å². The summed E-state index contributed by atoms with van der Waals surface area (Å²) in [6, 6.07) is 15.0. The molecule has 0 bridgehead atoms. The summed E-state index contributed by atoms with van der Waals surface area (Å²) in [6.07, 6.45) is 0. The largest absolute Gasteiger partial charge is 0.367 e. The molecule has 0 N–H and O–H groups in total. The number of rotatable bonds is 4. The summed E-state index contributed by atoms with van der Waals surface area (Å²) in [4.78, 5) is 22.2. The maximum absolute atomic E-state index is 11.4. The molecule has 0 aliphatic heterocycles. The average molecular weight is 361 g/mol. The van der Waals surface area contributed by atoms with Crippen LogP contribution in [0.4, 0.5) is 11.4 Å². The molecule has 0 atom stereocenters. The van der Waals surface area contributed by atoms with Crippen LogP contribution < -0.4 is 4.90 Å². The Bertz CT molecular complexity index is 1180. The van der Waals surface area contributed by atoms with Crippen LogP contribution in [0.5, 0.6) is 0 Å². The summed E-state index contributed by atoms with van der Waals surface area (Å²) in [5.41, 5.74) is 4.10. The van der Waals surface area contributed by atoms with Crippen molar-refractivity contribution < 1.29 is 4.92 Å². The number of benzene rings is 2. The van der Waals surface area contributed by atoms with Gasteiger partial charge in [0.15, 0.2) is 5.52 Å². The first kappa shape index (κ1) is 17.0. The molecule has 0 spiro atoms. The van der Waals surface area contributed by atoms with E-state index in [1.807, 2.05) is 57.4 Å². The summed E-state index contributed by atoms with van der Waals surface area (Å²) in [6.45, 7) is 2.43. The van der Waals surface area contributed by atoms with E-state index in [0.717, 1.165) is 33.6 Å². The van der Waals surface area contributed by atoms with E-state index in [2.05, 4.69) is 14.5 Å². The van der Waals surface area contributed by atoms with Crippen LogP contribution in [0.15, 0.2) is 48.5 Å². The van der Waals surface area contributed by atoms with Crippen molar-refractivity contribution in [2.45, 2.75) is 13.5 Å². The summed E-state index contributed by atoms with van der Waals surface area (Å²) < 4.78 is 2.07. The van der Waals surface area contributed by atoms with Crippen molar-refractivity contribution in [1.29, 1.82) is 0 Å². The predicted molar refractivity (Wildman–Crippen MR) is 106 cm³/mol. The van der Waals surface area contributed by atoms with E-state index in [-0.39, 0.29) is 10.6 Å². The Hall–Kier alpha value is -3.48. The number of hydrogen-bond donors (Lipinski definition) is 0. The second-order valence-electron chi connectivity index (χ2n) is 6.65. The summed E-state index contributed by atoms with van der Waals surface area (Å²) >= 11 is 0. The minimum Gasteiger partial charge on any atom is -0.367 e. The van der Waals surface area contributed by atoms with E-state index < -0.39 is 0 Å². The highest BCUT2D eigenvalue weighted by atomic mass is 16.6. The molecule has 0 unspecified atom stereocenters. The number of para-hydroxylation sites is 3. The van der Waals surface area contributed by atoms with Crippen LogP contribution in [0.25, 0.3) is 21.9 Å². The lowest BCUT2D eigenvalue weighted by Gasteiger charge is -2.21. The van der Waals surface area contributed by atoms with Crippen LogP contribution in [0.3, 0.4) is 0 Å². The topological polar surface area (TPSA) is 77.1 Å². The van der Waals surface area contributed by atoms with Gasteiger partial charge >= 0.3 is 0 Å². The van der Waals surface area contributed by atoms with Crippen LogP contribution in [-0.4, -0.2) is 26.5 Å². The van der Waals surface area contributed by atoms with E-state index in [1.54, 1.807) is 6.07 Å². The van der Waals surface area contributed by atoms with Gasteiger partial charge < -0.3 is 9.47 Å². The Kier molecular flexibility index (Phi) is 3.99. The second-order valence-corrected chi connectivity index (χ2v) is 6.65. The second kappa shape index (κ2) is 6.35. The third kappa shape index (κ3) is 2.87. The maximum Gasteiger partial charge on any atom is 0.295 e. The molecule has 2 aromatic carbocycles. The Balaban J connectivity index is 1.80. The maximum atomic E-state index is 11.4. The van der Waals surface area contributed by atoms with Crippen LogP contribution in [0.2, 0.25) is 0 Å². The first-order valence-electron chi connectivity index (χ1n) is 8.62. The van der Waals surface area contributed by atoms with Gasteiger partial charge in [0, 0.05) is 36.9 Å². The highest BCUT2D eigenvalue weighted by Gasteiger charge is 2.18. The van der Waals surface area contributed by atoms with Gasteiger partial charge in [-0.05, 0) is 25.1 Å². The third-order valence-corrected chi connectivity index (χ3v) is 4.79. The van der Waals surface area contributed by atoms with Crippen molar-refractivity contribution in [3.8, 4) is 0 Å². The average Bonchev–Trinajstić information content (AvgIpc) is 2.96. The molecule has 0 saturated carbocycles. The van der Waals surface area contributed by atoms with Crippen LogP contribution in [-0.2, 0) is 13.6 Å². The zero-order valence-corrected chi connectivity index (χ0v) is 15.4. The van der Waals surface area contributed by atoms with Gasteiger partial charge in [-0.1, -0.05) is 24.3 Å². The molecule has 7 heteroatoms.